The van der Waals surface area contributed by atoms with Crippen molar-refractivity contribution >= 4 is 29.0 Å². The number of hydrogen-bond acceptors (Lipinski definition) is 5. The van der Waals surface area contributed by atoms with Gasteiger partial charge in [-0.2, -0.15) is 0 Å². The number of hydrogen-bond donors (Lipinski definition) is 3. The van der Waals surface area contributed by atoms with Crippen molar-refractivity contribution in [2.45, 2.75) is 0 Å². The second-order valence-electron chi connectivity index (χ2n) is 3.89. The van der Waals surface area contributed by atoms with Gasteiger partial charge in [0.05, 0.1) is 7.11 Å². The Kier molecular flexibility index (Phi) is 4.39. The van der Waals surface area contributed by atoms with Crippen LogP contribution in [0.2, 0.25) is 5.15 Å². The van der Waals surface area contributed by atoms with Crippen molar-refractivity contribution in [1.82, 2.24) is 4.98 Å². The number of pyridine rings is 1. The standard InChI is InChI=1S/C13H13ClN4O2/c1-20-10-4-2-3-9(7-10)16-13(19)8-5-11(14)17-12(6-8)18-15/h2-7H,15H2,1H3,(H,16,19)(H,17,18). The number of benzene rings is 1. The Hall–Kier alpha value is -2.31. The minimum absolute atomic E-state index is 0.177. The first-order chi connectivity index (χ1) is 9.62. The van der Waals surface area contributed by atoms with Gasteiger partial charge in [0.2, 0.25) is 0 Å². The van der Waals surface area contributed by atoms with E-state index in [4.69, 9.17) is 22.2 Å². The van der Waals surface area contributed by atoms with Gasteiger partial charge in [0, 0.05) is 17.3 Å². The summed E-state index contributed by atoms with van der Waals surface area (Å²) in [5, 5.41) is 2.91. The smallest absolute Gasteiger partial charge is 0.255 e. The zero-order valence-corrected chi connectivity index (χ0v) is 11.4. The Bertz CT molecular complexity index is 634. The lowest BCUT2D eigenvalue weighted by Crippen LogP contribution is -2.14. The van der Waals surface area contributed by atoms with Crippen LogP contribution in [0.15, 0.2) is 36.4 Å². The molecule has 0 aliphatic heterocycles. The molecule has 0 aliphatic carbocycles. The highest BCUT2D eigenvalue weighted by atomic mass is 35.5. The van der Waals surface area contributed by atoms with E-state index in [1.807, 2.05) is 0 Å². The second-order valence-corrected chi connectivity index (χ2v) is 4.28. The Labute approximate surface area is 120 Å². The third kappa shape index (κ3) is 3.37. The Morgan fingerprint density at radius 3 is 2.85 bits per heavy atom. The average molecular weight is 293 g/mol. The summed E-state index contributed by atoms with van der Waals surface area (Å²) in [6.07, 6.45) is 0. The van der Waals surface area contributed by atoms with Crippen molar-refractivity contribution < 1.29 is 9.53 Å². The van der Waals surface area contributed by atoms with Gasteiger partial charge < -0.3 is 15.5 Å². The van der Waals surface area contributed by atoms with Crippen molar-refractivity contribution in [3.8, 4) is 5.75 Å². The minimum Gasteiger partial charge on any atom is -0.497 e. The number of hydrazine groups is 1. The van der Waals surface area contributed by atoms with Crippen LogP contribution in [-0.2, 0) is 0 Å². The molecule has 2 rings (SSSR count). The van der Waals surface area contributed by atoms with Crippen LogP contribution < -0.4 is 21.3 Å². The molecule has 0 saturated carbocycles. The maximum absolute atomic E-state index is 12.1. The van der Waals surface area contributed by atoms with E-state index in [1.165, 1.54) is 12.1 Å². The van der Waals surface area contributed by atoms with Gasteiger partial charge in [-0.05, 0) is 24.3 Å². The maximum Gasteiger partial charge on any atom is 0.255 e. The van der Waals surface area contributed by atoms with E-state index < -0.39 is 0 Å². The molecule has 1 aromatic heterocycles. The fourth-order valence-corrected chi connectivity index (χ4v) is 1.81. The number of amides is 1. The molecular formula is C13H13ClN4O2. The molecule has 7 heteroatoms. The number of carbonyl (C=O) groups is 1. The van der Waals surface area contributed by atoms with Gasteiger partial charge in [-0.1, -0.05) is 17.7 Å². The molecule has 1 amide bonds. The summed E-state index contributed by atoms with van der Waals surface area (Å²) in [5.41, 5.74) is 3.31. The lowest BCUT2D eigenvalue weighted by molar-refractivity contribution is 0.102. The number of nitrogens with one attached hydrogen (secondary N) is 2. The molecule has 1 heterocycles. The number of rotatable bonds is 4. The van der Waals surface area contributed by atoms with Crippen LogP contribution in [0.25, 0.3) is 0 Å². The number of nitrogens with two attached hydrogens (primary N) is 1. The lowest BCUT2D eigenvalue weighted by atomic mass is 10.2. The van der Waals surface area contributed by atoms with Crippen molar-refractivity contribution in [2.75, 3.05) is 17.9 Å². The van der Waals surface area contributed by atoms with Crippen molar-refractivity contribution in [3.05, 3.63) is 47.1 Å². The zero-order chi connectivity index (χ0) is 14.5. The summed E-state index contributed by atoms with van der Waals surface area (Å²) in [4.78, 5) is 16.0. The van der Waals surface area contributed by atoms with Crippen LogP contribution in [0.3, 0.4) is 0 Å². The highest BCUT2D eigenvalue weighted by Crippen LogP contribution is 2.19. The van der Waals surface area contributed by atoms with Crippen molar-refractivity contribution in [3.63, 3.8) is 0 Å². The maximum atomic E-state index is 12.1. The molecule has 20 heavy (non-hydrogen) atoms. The fourth-order valence-electron chi connectivity index (χ4n) is 1.61. The van der Waals surface area contributed by atoms with Gasteiger partial charge in [0.15, 0.2) is 0 Å². The summed E-state index contributed by atoms with van der Waals surface area (Å²) in [5.74, 6) is 5.90. The van der Waals surface area contributed by atoms with Gasteiger partial charge in [-0.3, -0.25) is 4.79 Å². The first-order valence-electron chi connectivity index (χ1n) is 5.72. The molecule has 0 fully saturated rings. The van der Waals surface area contributed by atoms with E-state index in [1.54, 1.807) is 31.4 Å². The molecule has 0 saturated heterocycles. The zero-order valence-electron chi connectivity index (χ0n) is 10.7. The van der Waals surface area contributed by atoms with Crippen LogP contribution in [-0.4, -0.2) is 18.0 Å². The van der Waals surface area contributed by atoms with Gasteiger partial charge >= 0.3 is 0 Å². The van der Waals surface area contributed by atoms with Crippen LogP contribution in [0, 0.1) is 0 Å². The number of anilines is 2. The van der Waals surface area contributed by atoms with Gasteiger partial charge in [0.25, 0.3) is 5.91 Å². The Morgan fingerprint density at radius 2 is 2.15 bits per heavy atom. The summed E-state index contributed by atoms with van der Waals surface area (Å²) >= 11 is 5.82. The van der Waals surface area contributed by atoms with E-state index >= 15 is 0 Å². The predicted octanol–water partition coefficient (Wildman–Crippen LogP) is 2.28. The van der Waals surface area contributed by atoms with Gasteiger partial charge in [0.1, 0.15) is 16.7 Å². The molecule has 2 aromatic rings. The number of aromatic nitrogens is 1. The quantitative estimate of drug-likeness (QED) is 0.457. The monoisotopic (exact) mass is 292 g/mol. The highest BCUT2D eigenvalue weighted by molar-refractivity contribution is 6.30. The van der Waals surface area contributed by atoms with Crippen molar-refractivity contribution in [1.29, 1.82) is 0 Å². The van der Waals surface area contributed by atoms with Crippen LogP contribution in [0.4, 0.5) is 11.5 Å². The highest BCUT2D eigenvalue weighted by Gasteiger charge is 2.09. The lowest BCUT2D eigenvalue weighted by Gasteiger charge is -2.08. The number of ether oxygens (including phenoxy) is 1. The van der Waals surface area contributed by atoms with Crippen LogP contribution in [0.1, 0.15) is 10.4 Å². The molecule has 0 aliphatic rings. The number of nitrogen functional groups attached to an aromatic ring is 1. The molecule has 0 atom stereocenters. The minimum atomic E-state index is -0.320. The predicted molar refractivity (Wildman–Crippen MR) is 78.0 cm³/mol. The van der Waals surface area contributed by atoms with Crippen LogP contribution in [0.5, 0.6) is 5.75 Å². The number of nitrogens with zero attached hydrogens (tertiary/aromatic N) is 1. The number of halogens is 1. The normalized spacial score (nSPS) is 9.95. The van der Waals surface area contributed by atoms with Crippen LogP contribution >= 0.6 is 11.6 Å². The van der Waals surface area contributed by atoms with E-state index in [-0.39, 0.29) is 11.1 Å². The first kappa shape index (κ1) is 14.1. The Morgan fingerprint density at radius 1 is 1.35 bits per heavy atom. The summed E-state index contributed by atoms with van der Waals surface area (Å²) in [6, 6.07) is 9.99. The third-order valence-corrected chi connectivity index (χ3v) is 2.73. The topological polar surface area (TPSA) is 89.3 Å². The average Bonchev–Trinajstić information content (AvgIpc) is 2.46. The third-order valence-electron chi connectivity index (χ3n) is 2.53. The van der Waals surface area contributed by atoms with E-state index in [9.17, 15) is 4.79 Å². The van der Waals surface area contributed by atoms with E-state index in [0.717, 1.165) is 0 Å². The molecule has 4 N–H and O–H groups in total. The Balaban J connectivity index is 2.21. The largest absolute Gasteiger partial charge is 0.497 e. The molecule has 1 aromatic carbocycles. The van der Waals surface area contributed by atoms with Gasteiger partial charge in [-0.25, -0.2) is 10.8 Å². The second kappa shape index (κ2) is 6.23. The van der Waals surface area contributed by atoms with E-state index in [2.05, 4.69) is 15.7 Å². The molecule has 6 nitrogen and oxygen atoms in total. The molecular weight excluding hydrogens is 280 g/mol. The fraction of sp³-hybridized carbons (Fsp3) is 0.0769. The number of carbonyl (C=O) groups excluding carboxylic acids is 1. The first-order valence-corrected chi connectivity index (χ1v) is 6.10. The summed E-state index contributed by atoms with van der Waals surface area (Å²) in [7, 11) is 1.56. The van der Waals surface area contributed by atoms with E-state index in [0.29, 0.717) is 22.8 Å². The van der Waals surface area contributed by atoms with Crippen molar-refractivity contribution in [2.24, 2.45) is 5.84 Å². The number of methoxy groups -OCH3 is 1. The summed E-state index contributed by atoms with van der Waals surface area (Å²) in [6.45, 7) is 0. The molecule has 0 spiro atoms. The summed E-state index contributed by atoms with van der Waals surface area (Å²) < 4.78 is 5.09. The SMILES string of the molecule is COc1cccc(NC(=O)c2cc(Cl)nc(NN)c2)c1. The van der Waals surface area contributed by atoms with Gasteiger partial charge in [-0.15, -0.1) is 0 Å². The molecule has 0 unspecified atom stereocenters. The molecule has 104 valence electrons. The molecule has 0 radical (unpaired) electrons. The molecule has 0 bridgehead atoms.